The Bertz CT molecular complexity index is 458. The number of carbonyl (C=O) groups is 1. The van der Waals surface area contributed by atoms with E-state index >= 15 is 0 Å². The van der Waals surface area contributed by atoms with Crippen molar-refractivity contribution in [3.63, 3.8) is 0 Å². The van der Waals surface area contributed by atoms with Crippen molar-refractivity contribution in [2.45, 2.75) is 19.4 Å². The molecule has 2 atom stereocenters. The van der Waals surface area contributed by atoms with Crippen LogP contribution in [0.3, 0.4) is 0 Å². The Morgan fingerprint density at radius 3 is 2.89 bits per heavy atom. The Morgan fingerprint density at radius 2 is 2.26 bits per heavy atom. The van der Waals surface area contributed by atoms with Crippen molar-refractivity contribution in [2.75, 3.05) is 13.1 Å². The van der Waals surface area contributed by atoms with Crippen LogP contribution in [0.5, 0.6) is 0 Å². The van der Waals surface area contributed by atoms with Crippen LogP contribution < -0.4 is 10.6 Å². The van der Waals surface area contributed by atoms with Gasteiger partial charge in [-0.15, -0.1) is 12.4 Å². The van der Waals surface area contributed by atoms with E-state index in [0.29, 0.717) is 16.0 Å². The van der Waals surface area contributed by atoms with Crippen LogP contribution in [0.2, 0.25) is 0 Å². The van der Waals surface area contributed by atoms with E-state index in [4.69, 9.17) is 0 Å². The molecule has 0 aliphatic carbocycles. The van der Waals surface area contributed by atoms with Gasteiger partial charge in [-0.3, -0.25) is 4.79 Å². The Hall–Kier alpha value is -0.650. The van der Waals surface area contributed by atoms with Gasteiger partial charge in [0.2, 0.25) is 0 Å². The van der Waals surface area contributed by atoms with Crippen LogP contribution in [0, 0.1) is 11.7 Å². The SMILES string of the molecule is CC1CCNCC1NC(=O)c1ccc(Br)c(F)c1.Cl. The molecule has 2 N–H and O–H groups in total. The summed E-state index contributed by atoms with van der Waals surface area (Å²) in [6.45, 7) is 3.88. The van der Waals surface area contributed by atoms with E-state index in [2.05, 4.69) is 33.5 Å². The zero-order valence-electron chi connectivity index (χ0n) is 10.6. The number of nitrogens with one attached hydrogen (secondary N) is 2. The molecule has 1 amide bonds. The number of rotatable bonds is 2. The van der Waals surface area contributed by atoms with Crippen LogP contribution in [0.4, 0.5) is 4.39 Å². The second-order valence-corrected chi connectivity index (χ2v) is 5.53. The van der Waals surface area contributed by atoms with E-state index in [1.807, 2.05) is 0 Å². The highest BCUT2D eigenvalue weighted by atomic mass is 79.9. The van der Waals surface area contributed by atoms with Crippen molar-refractivity contribution in [1.82, 2.24) is 10.6 Å². The Balaban J connectivity index is 0.00000180. The summed E-state index contributed by atoms with van der Waals surface area (Å²) in [7, 11) is 0. The van der Waals surface area contributed by atoms with Crippen LogP contribution in [0.15, 0.2) is 22.7 Å². The van der Waals surface area contributed by atoms with Gasteiger partial charge in [-0.1, -0.05) is 6.92 Å². The van der Waals surface area contributed by atoms with Gasteiger partial charge in [-0.2, -0.15) is 0 Å². The second-order valence-electron chi connectivity index (χ2n) is 4.68. The molecular formula is C13H17BrClFN2O. The molecule has 0 spiro atoms. The molecule has 2 rings (SSSR count). The van der Waals surface area contributed by atoms with Crippen molar-refractivity contribution < 1.29 is 9.18 Å². The average molecular weight is 352 g/mol. The standard InChI is InChI=1S/C13H16BrFN2O.ClH/c1-8-4-5-16-7-12(8)17-13(18)9-2-3-10(14)11(15)6-9;/h2-3,6,8,12,16H,4-5,7H2,1H3,(H,17,18);1H. The van der Waals surface area contributed by atoms with E-state index in [1.54, 1.807) is 12.1 Å². The molecule has 0 aromatic heterocycles. The molecule has 6 heteroatoms. The predicted octanol–water partition coefficient (Wildman–Crippen LogP) is 2.74. The van der Waals surface area contributed by atoms with Gasteiger partial charge >= 0.3 is 0 Å². The highest BCUT2D eigenvalue weighted by molar-refractivity contribution is 9.10. The number of amides is 1. The Labute approximate surface area is 126 Å². The molecule has 0 radical (unpaired) electrons. The van der Waals surface area contributed by atoms with E-state index in [9.17, 15) is 9.18 Å². The fraction of sp³-hybridized carbons (Fsp3) is 0.462. The lowest BCUT2D eigenvalue weighted by Crippen LogP contribution is -2.50. The van der Waals surface area contributed by atoms with Crippen molar-refractivity contribution >= 4 is 34.2 Å². The fourth-order valence-electron chi connectivity index (χ4n) is 2.07. The largest absolute Gasteiger partial charge is 0.348 e. The summed E-state index contributed by atoms with van der Waals surface area (Å²) in [6, 6.07) is 4.52. The van der Waals surface area contributed by atoms with Crippen LogP contribution in [-0.2, 0) is 0 Å². The lowest BCUT2D eigenvalue weighted by Gasteiger charge is -2.30. The van der Waals surface area contributed by atoms with Gasteiger partial charge in [0.15, 0.2) is 0 Å². The van der Waals surface area contributed by atoms with Gasteiger partial charge in [0.25, 0.3) is 5.91 Å². The Morgan fingerprint density at radius 1 is 1.53 bits per heavy atom. The minimum absolute atomic E-state index is 0. The quantitative estimate of drug-likeness (QED) is 0.860. The second kappa shape index (κ2) is 7.22. The van der Waals surface area contributed by atoms with Crippen LogP contribution in [0.1, 0.15) is 23.7 Å². The maximum atomic E-state index is 13.4. The van der Waals surface area contributed by atoms with Crippen molar-refractivity contribution in [2.24, 2.45) is 5.92 Å². The number of carbonyl (C=O) groups excluding carboxylic acids is 1. The predicted molar refractivity (Wildman–Crippen MR) is 79.3 cm³/mol. The molecule has 1 aromatic rings. The number of halogens is 3. The first-order valence-corrected chi connectivity index (χ1v) is 6.84. The lowest BCUT2D eigenvalue weighted by atomic mass is 9.94. The first-order valence-electron chi connectivity index (χ1n) is 6.04. The third kappa shape index (κ3) is 4.16. The molecule has 1 aliphatic rings. The maximum absolute atomic E-state index is 13.4. The van der Waals surface area contributed by atoms with Crippen molar-refractivity contribution in [3.05, 3.63) is 34.1 Å². The van der Waals surface area contributed by atoms with Gasteiger partial charge in [-0.05, 0) is 53.0 Å². The summed E-state index contributed by atoms with van der Waals surface area (Å²) >= 11 is 3.07. The van der Waals surface area contributed by atoms with Crippen molar-refractivity contribution in [1.29, 1.82) is 0 Å². The lowest BCUT2D eigenvalue weighted by molar-refractivity contribution is 0.0915. The summed E-state index contributed by atoms with van der Waals surface area (Å²) in [5.74, 6) is -0.199. The maximum Gasteiger partial charge on any atom is 0.251 e. The molecular weight excluding hydrogens is 335 g/mol. The molecule has 106 valence electrons. The van der Waals surface area contributed by atoms with Gasteiger partial charge in [-0.25, -0.2) is 4.39 Å². The fourth-order valence-corrected chi connectivity index (χ4v) is 2.32. The number of hydrogen-bond donors (Lipinski definition) is 2. The highest BCUT2D eigenvalue weighted by Gasteiger charge is 2.23. The first kappa shape index (κ1) is 16.4. The highest BCUT2D eigenvalue weighted by Crippen LogP contribution is 2.17. The van der Waals surface area contributed by atoms with Crippen molar-refractivity contribution in [3.8, 4) is 0 Å². The molecule has 1 heterocycles. The summed E-state index contributed by atoms with van der Waals surface area (Å²) in [5.41, 5.74) is 0.355. The minimum atomic E-state index is -0.419. The molecule has 19 heavy (non-hydrogen) atoms. The van der Waals surface area contributed by atoms with E-state index in [1.165, 1.54) is 6.07 Å². The smallest absolute Gasteiger partial charge is 0.251 e. The third-order valence-electron chi connectivity index (χ3n) is 3.33. The average Bonchev–Trinajstić information content (AvgIpc) is 2.35. The van der Waals surface area contributed by atoms with Crippen LogP contribution >= 0.6 is 28.3 Å². The van der Waals surface area contributed by atoms with Gasteiger partial charge in [0, 0.05) is 18.2 Å². The molecule has 1 aromatic carbocycles. The summed E-state index contributed by atoms with van der Waals surface area (Å²) in [6.07, 6.45) is 1.04. The molecule has 0 saturated carbocycles. The van der Waals surface area contributed by atoms with Gasteiger partial charge in [0.1, 0.15) is 5.82 Å². The molecule has 3 nitrogen and oxygen atoms in total. The van der Waals surface area contributed by atoms with E-state index in [-0.39, 0.29) is 24.4 Å². The Kier molecular flexibility index (Phi) is 6.23. The van der Waals surface area contributed by atoms with Crippen LogP contribution in [0.25, 0.3) is 0 Å². The molecule has 1 fully saturated rings. The van der Waals surface area contributed by atoms with E-state index < -0.39 is 5.82 Å². The molecule has 0 bridgehead atoms. The molecule has 1 aliphatic heterocycles. The minimum Gasteiger partial charge on any atom is -0.348 e. The topological polar surface area (TPSA) is 41.1 Å². The summed E-state index contributed by atoms with van der Waals surface area (Å²) in [4.78, 5) is 12.0. The van der Waals surface area contributed by atoms with Crippen LogP contribution in [-0.4, -0.2) is 25.0 Å². The first-order chi connectivity index (χ1) is 8.58. The number of benzene rings is 1. The summed E-state index contributed by atoms with van der Waals surface area (Å²) < 4.78 is 13.7. The zero-order valence-corrected chi connectivity index (χ0v) is 13.0. The normalized spacial score (nSPS) is 22.5. The molecule has 1 saturated heterocycles. The zero-order chi connectivity index (χ0) is 13.1. The van der Waals surface area contributed by atoms with E-state index in [0.717, 1.165) is 19.5 Å². The third-order valence-corrected chi connectivity index (χ3v) is 3.97. The number of hydrogen-bond acceptors (Lipinski definition) is 2. The molecule has 2 unspecified atom stereocenters. The monoisotopic (exact) mass is 350 g/mol. The number of piperidine rings is 1. The van der Waals surface area contributed by atoms with Gasteiger partial charge in [0.05, 0.1) is 4.47 Å². The summed E-state index contributed by atoms with van der Waals surface area (Å²) in [5, 5.41) is 6.19. The van der Waals surface area contributed by atoms with Gasteiger partial charge < -0.3 is 10.6 Å².